The molecule has 2 rings (SSSR count). The Hall–Kier alpha value is -1.61. The van der Waals surface area contributed by atoms with E-state index in [4.69, 9.17) is 0 Å². The summed E-state index contributed by atoms with van der Waals surface area (Å²) >= 11 is 0.305. The summed E-state index contributed by atoms with van der Waals surface area (Å²) in [4.78, 5) is 3.25. The van der Waals surface area contributed by atoms with Crippen LogP contribution in [0.1, 0.15) is 21.5 Å². The molecule has 0 radical (unpaired) electrons. The van der Waals surface area contributed by atoms with E-state index in [1.807, 2.05) is 0 Å². The van der Waals surface area contributed by atoms with Crippen LogP contribution in [0.4, 0.5) is 26.3 Å². The summed E-state index contributed by atoms with van der Waals surface area (Å²) in [6.45, 7) is 0. The molecule has 9 heteroatoms. The largest absolute Gasteiger partial charge is 0.443 e. The molecule has 0 amide bonds. The standard InChI is InChI=1S/C12H8F6N2S/c1-19-10(5-2-3-6(13)9(15)8(5)14)7-4-20-11(21-7)12(16,17)18/h2-4,10,19H,1H3. The molecular weight excluding hydrogens is 318 g/mol. The third kappa shape index (κ3) is 3.03. The van der Waals surface area contributed by atoms with E-state index in [-0.39, 0.29) is 10.4 Å². The Morgan fingerprint density at radius 2 is 1.81 bits per heavy atom. The summed E-state index contributed by atoms with van der Waals surface area (Å²) in [5.74, 6) is -4.49. The van der Waals surface area contributed by atoms with Gasteiger partial charge in [0, 0.05) is 16.6 Å². The number of alkyl halides is 3. The highest BCUT2D eigenvalue weighted by atomic mass is 32.1. The maximum atomic E-state index is 13.7. The number of hydrogen-bond acceptors (Lipinski definition) is 3. The van der Waals surface area contributed by atoms with Gasteiger partial charge in [0.15, 0.2) is 22.5 Å². The number of rotatable bonds is 3. The molecule has 114 valence electrons. The van der Waals surface area contributed by atoms with Crippen molar-refractivity contribution in [3.8, 4) is 0 Å². The zero-order valence-electron chi connectivity index (χ0n) is 10.4. The van der Waals surface area contributed by atoms with Gasteiger partial charge in [-0.15, -0.1) is 11.3 Å². The van der Waals surface area contributed by atoms with Gasteiger partial charge >= 0.3 is 6.18 Å². The zero-order chi connectivity index (χ0) is 15.8. The van der Waals surface area contributed by atoms with Gasteiger partial charge in [-0.3, -0.25) is 0 Å². The maximum Gasteiger partial charge on any atom is 0.443 e. The van der Waals surface area contributed by atoms with E-state index in [1.54, 1.807) is 0 Å². The first-order valence-corrected chi connectivity index (χ1v) is 6.41. The average Bonchev–Trinajstić information content (AvgIpc) is 2.89. The van der Waals surface area contributed by atoms with Crippen molar-refractivity contribution in [2.45, 2.75) is 12.2 Å². The average molecular weight is 326 g/mol. The maximum absolute atomic E-state index is 13.7. The van der Waals surface area contributed by atoms with Crippen molar-refractivity contribution in [2.24, 2.45) is 0 Å². The highest BCUT2D eigenvalue weighted by Gasteiger charge is 2.35. The molecule has 1 heterocycles. The van der Waals surface area contributed by atoms with Crippen LogP contribution in [-0.4, -0.2) is 12.0 Å². The Balaban J connectivity index is 2.45. The molecule has 0 spiro atoms. The fourth-order valence-corrected chi connectivity index (χ4v) is 2.68. The lowest BCUT2D eigenvalue weighted by atomic mass is 10.0. The minimum absolute atomic E-state index is 0.0368. The van der Waals surface area contributed by atoms with Crippen molar-refractivity contribution in [2.75, 3.05) is 7.05 Å². The van der Waals surface area contributed by atoms with E-state index >= 15 is 0 Å². The van der Waals surface area contributed by atoms with Crippen molar-refractivity contribution in [3.05, 3.63) is 51.2 Å². The van der Waals surface area contributed by atoms with Gasteiger partial charge in [0.05, 0.1) is 6.04 Å². The van der Waals surface area contributed by atoms with Crippen molar-refractivity contribution in [3.63, 3.8) is 0 Å². The minimum atomic E-state index is -4.62. The quantitative estimate of drug-likeness (QED) is 0.684. The second kappa shape index (κ2) is 5.64. The van der Waals surface area contributed by atoms with Crippen LogP contribution in [0.2, 0.25) is 0 Å². The molecule has 0 saturated heterocycles. The van der Waals surface area contributed by atoms with E-state index < -0.39 is 34.7 Å². The number of hydrogen-bond donors (Lipinski definition) is 1. The first-order valence-electron chi connectivity index (χ1n) is 5.59. The number of aromatic nitrogens is 1. The first kappa shape index (κ1) is 15.8. The molecule has 1 N–H and O–H groups in total. The molecule has 2 nitrogen and oxygen atoms in total. The Morgan fingerprint density at radius 1 is 1.14 bits per heavy atom. The highest BCUT2D eigenvalue weighted by molar-refractivity contribution is 7.11. The monoisotopic (exact) mass is 326 g/mol. The molecule has 0 aliphatic rings. The van der Waals surface area contributed by atoms with Crippen LogP contribution in [0.5, 0.6) is 0 Å². The second-order valence-electron chi connectivity index (χ2n) is 4.05. The third-order valence-electron chi connectivity index (χ3n) is 2.72. The number of halogens is 6. The predicted octanol–water partition coefficient (Wildman–Crippen LogP) is 3.89. The highest BCUT2D eigenvalue weighted by Crippen LogP contribution is 2.36. The Morgan fingerprint density at radius 3 is 2.33 bits per heavy atom. The predicted molar refractivity (Wildman–Crippen MR) is 64.3 cm³/mol. The molecule has 0 bridgehead atoms. The van der Waals surface area contributed by atoms with E-state index in [0.717, 1.165) is 12.3 Å². The molecule has 2 aromatic rings. The van der Waals surface area contributed by atoms with Gasteiger partial charge in [-0.05, 0) is 13.1 Å². The normalized spacial score (nSPS) is 13.5. The van der Waals surface area contributed by atoms with Crippen molar-refractivity contribution < 1.29 is 26.3 Å². The summed E-state index contributed by atoms with van der Waals surface area (Å²) in [5.41, 5.74) is -0.297. The van der Waals surface area contributed by atoms with Crippen LogP contribution < -0.4 is 5.32 Å². The summed E-state index contributed by atoms with van der Waals surface area (Å²) < 4.78 is 77.4. The molecule has 0 aliphatic carbocycles. The van der Waals surface area contributed by atoms with Crippen molar-refractivity contribution >= 4 is 11.3 Å². The van der Waals surface area contributed by atoms with Gasteiger partial charge in [0.2, 0.25) is 0 Å². The van der Waals surface area contributed by atoms with E-state index in [0.29, 0.717) is 17.4 Å². The van der Waals surface area contributed by atoms with E-state index in [1.165, 1.54) is 7.05 Å². The molecule has 0 fully saturated rings. The van der Waals surface area contributed by atoms with E-state index in [9.17, 15) is 26.3 Å². The lowest BCUT2D eigenvalue weighted by Gasteiger charge is -2.15. The van der Waals surface area contributed by atoms with Gasteiger partial charge in [0.1, 0.15) is 0 Å². The van der Waals surface area contributed by atoms with Gasteiger partial charge in [0.25, 0.3) is 0 Å². The third-order valence-corrected chi connectivity index (χ3v) is 3.82. The zero-order valence-corrected chi connectivity index (χ0v) is 11.2. The van der Waals surface area contributed by atoms with Crippen LogP contribution in [0, 0.1) is 17.5 Å². The van der Waals surface area contributed by atoms with Gasteiger partial charge in [-0.2, -0.15) is 13.2 Å². The summed E-state index contributed by atoms with van der Waals surface area (Å²) in [7, 11) is 1.36. The lowest BCUT2D eigenvalue weighted by Crippen LogP contribution is -2.18. The fourth-order valence-electron chi connectivity index (χ4n) is 1.77. The van der Waals surface area contributed by atoms with Crippen LogP contribution >= 0.6 is 11.3 Å². The molecule has 1 unspecified atom stereocenters. The summed E-state index contributed by atoms with van der Waals surface area (Å²) in [6.07, 6.45) is -3.69. The molecular formula is C12H8F6N2S. The van der Waals surface area contributed by atoms with Crippen LogP contribution in [0.3, 0.4) is 0 Å². The number of benzene rings is 1. The van der Waals surface area contributed by atoms with Crippen molar-refractivity contribution in [1.82, 2.24) is 10.3 Å². The molecule has 0 saturated carbocycles. The molecule has 1 aromatic heterocycles. The second-order valence-corrected chi connectivity index (χ2v) is 5.11. The molecule has 0 aliphatic heterocycles. The van der Waals surface area contributed by atoms with Crippen LogP contribution in [0.25, 0.3) is 0 Å². The van der Waals surface area contributed by atoms with Gasteiger partial charge in [-0.1, -0.05) is 6.07 Å². The van der Waals surface area contributed by atoms with Crippen LogP contribution in [0.15, 0.2) is 18.3 Å². The molecule has 1 atom stereocenters. The topological polar surface area (TPSA) is 24.9 Å². The lowest BCUT2D eigenvalue weighted by molar-refractivity contribution is -0.137. The van der Waals surface area contributed by atoms with Crippen molar-refractivity contribution in [1.29, 1.82) is 0 Å². The summed E-state index contributed by atoms with van der Waals surface area (Å²) in [6, 6.07) is 0.625. The van der Waals surface area contributed by atoms with Crippen LogP contribution in [-0.2, 0) is 6.18 Å². The number of nitrogens with zero attached hydrogens (tertiary/aromatic N) is 1. The fraction of sp³-hybridized carbons (Fsp3) is 0.250. The smallest absolute Gasteiger partial charge is 0.309 e. The minimum Gasteiger partial charge on any atom is -0.309 e. The molecule has 1 aromatic carbocycles. The first-order chi connectivity index (χ1) is 9.75. The number of nitrogens with one attached hydrogen (secondary N) is 1. The number of thiazole rings is 1. The Labute approximate surface area is 119 Å². The Bertz CT molecular complexity index is 652. The molecule has 21 heavy (non-hydrogen) atoms. The van der Waals surface area contributed by atoms with E-state index in [2.05, 4.69) is 10.3 Å². The SMILES string of the molecule is CNC(c1cnc(C(F)(F)F)s1)c1ccc(F)c(F)c1F. The summed E-state index contributed by atoms with van der Waals surface area (Å²) in [5, 5.41) is 1.46. The Kier molecular flexibility index (Phi) is 4.24. The van der Waals surface area contributed by atoms with Gasteiger partial charge in [-0.25, -0.2) is 18.2 Å². The van der Waals surface area contributed by atoms with Gasteiger partial charge < -0.3 is 5.32 Å².